The lowest BCUT2D eigenvalue weighted by atomic mass is 10.1. The second kappa shape index (κ2) is 6.46. The Balaban J connectivity index is 1.58. The first kappa shape index (κ1) is 17.4. The van der Waals surface area contributed by atoms with Crippen LogP contribution in [0.15, 0.2) is 47.3 Å². The maximum atomic E-state index is 12.7. The molecule has 5 N–H and O–H groups in total. The highest BCUT2D eigenvalue weighted by atomic mass is 16.3. The van der Waals surface area contributed by atoms with E-state index in [1.165, 1.54) is 0 Å². The monoisotopic (exact) mass is 389 g/mol. The summed E-state index contributed by atoms with van der Waals surface area (Å²) in [5.74, 6) is 0.216. The number of imidazole rings is 1. The highest BCUT2D eigenvalue weighted by Crippen LogP contribution is 2.28. The second-order valence-corrected chi connectivity index (χ2v) is 7.30. The number of H-pyrrole nitrogens is 2. The molecular weight excluding hydrogens is 370 g/mol. The summed E-state index contributed by atoms with van der Waals surface area (Å²) in [5, 5.41) is 10.4. The van der Waals surface area contributed by atoms with E-state index in [-0.39, 0.29) is 17.0 Å². The number of likely N-dealkylation sites (tertiary alicyclic amines) is 1. The fraction of sp³-hybridized carbons (Fsp3) is 0.190. The topological polar surface area (TPSA) is 128 Å². The van der Waals surface area contributed by atoms with Crippen LogP contribution in [0.4, 0.5) is 5.69 Å². The minimum absolute atomic E-state index is 0.136. The van der Waals surface area contributed by atoms with E-state index in [9.17, 15) is 14.7 Å². The first-order valence-electron chi connectivity index (χ1n) is 9.39. The Morgan fingerprint density at radius 2 is 2.00 bits per heavy atom. The van der Waals surface area contributed by atoms with Crippen molar-refractivity contribution >= 4 is 33.5 Å². The van der Waals surface area contributed by atoms with E-state index in [1.54, 1.807) is 29.2 Å². The number of aromatic amines is 2. The summed E-state index contributed by atoms with van der Waals surface area (Å²) in [5.41, 5.74) is 9.01. The van der Waals surface area contributed by atoms with Crippen LogP contribution in [0.2, 0.25) is 0 Å². The lowest BCUT2D eigenvalue weighted by Crippen LogP contribution is -2.29. The number of carbonyl (C=O) groups is 1. The Morgan fingerprint density at radius 1 is 1.17 bits per heavy atom. The first-order valence-corrected chi connectivity index (χ1v) is 9.39. The Bertz CT molecular complexity index is 1320. The predicted octanol–water partition coefficient (Wildman–Crippen LogP) is 1.86. The molecule has 1 amide bonds. The minimum atomic E-state index is -0.468. The number of aliphatic hydroxyl groups is 1. The standard InChI is InChI=1S/C21H19N5O3/c22-18-13-3-1-2-4-14(13)25-20(28)17(18)19-23-15-6-5-11(9-16(15)24-19)21(29)26-8-7-12(27)10-26/h1-6,9,12,27H,7-8,10H2,(H,23,24)(H3,22,25,28)/t12-/m1/s1. The van der Waals surface area contributed by atoms with Crippen LogP contribution < -0.4 is 11.3 Å². The summed E-state index contributed by atoms with van der Waals surface area (Å²) in [6.45, 7) is 0.878. The molecule has 1 aliphatic heterocycles. The van der Waals surface area contributed by atoms with Gasteiger partial charge in [-0.25, -0.2) is 4.98 Å². The SMILES string of the molecule is Nc1c(-c2nc3ccc(C(=O)N4CC[C@@H](O)C4)cc3[nH]2)c(=O)[nH]c2ccccc12. The molecule has 0 spiro atoms. The molecule has 1 saturated heterocycles. The number of rotatable bonds is 2. The molecule has 1 atom stereocenters. The van der Waals surface area contributed by atoms with Gasteiger partial charge in [0.05, 0.1) is 28.3 Å². The lowest BCUT2D eigenvalue weighted by Gasteiger charge is -2.15. The number of para-hydroxylation sites is 1. The van der Waals surface area contributed by atoms with Gasteiger partial charge >= 0.3 is 0 Å². The number of carbonyl (C=O) groups excluding carboxylic acids is 1. The Hall–Kier alpha value is -3.65. The van der Waals surface area contributed by atoms with E-state index in [0.717, 1.165) is 5.39 Å². The number of nitrogens with zero attached hydrogens (tertiary/aromatic N) is 2. The molecular formula is C21H19N5O3. The van der Waals surface area contributed by atoms with E-state index in [0.29, 0.717) is 53.1 Å². The average molecular weight is 389 g/mol. The van der Waals surface area contributed by atoms with Gasteiger partial charge in [-0.2, -0.15) is 0 Å². The zero-order valence-corrected chi connectivity index (χ0v) is 15.5. The summed E-state index contributed by atoms with van der Waals surface area (Å²) in [6, 6.07) is 12.5. The van der Waals surface area contributed by atoms with Gasteiger partial charge in [0.1, 0.15) is 11.4 Å². The number of hydrogen-bond acceptors (Lipinski definition) is 5. The van der Waals surface area contributed by atoms with Gasteiger partial charge in [-0.3, -0.25) is 9.59 Å². The highest BCUT2D eigenvalue weighted by molar-refractivity contribution is 6.00. The molecule has 146 valence electrons. The second-order valence-electron chi connectivity index (χ2n) is 7.30. The number of fused-ring (bicyclic) bond motifs is 2. The molecule has 0 bridgehead atoms. The number of amides is 1. The molecule has 1 fully saturated rings. The Morgan fingerprint density at radius 3 is 2.79 bits per heavy atom. The van der Waals surface area contributed by atoms with E-state index in [2.05, 4.69) is 15.0 Å². The van der Waals surface area contributed by atoms with Crippen LogP contribution in [0.25, 0.3) is 33.3 Å². The van der Waals surface area contributed by atoms with Crippen molar-refractivity contribution < 1.29 is 9.90 Å². The molecule has 0 aliphatic carbocycles. The van der Waals surface area contributed by atoms with Gasteiger partial charge in [-0.1, -0.05) is 18.2 Å². The number of anilines is 1. The highest BCUT2D eigenvalue weighted by Gasteiger charge is 2.25. The van der Waals surface area contributed by atoms with Crippen molar-refractivity contribution in [3.8, 4) is 11.4 Å². The van der Waals surface area contributed by atoms with Crippen LogP contribution in [-0.2, 0) is 0 Å². The third kappa shape index (κ3) is 2.85. The smallest absolute Gasteiger partial charge is 0.261 e. The fourth-order valence-electron chi connectivity index (χ4n) is 3.87. The van der Waals surface area contributed by atoms with Crippen LogP contribution in [0.5, 0.6) is 0 Å². The van der Waals surface area contributed by atoms with Gasteiger partial charge in [0.2, 0.25) is 0 Å². The van der Waals surface area contributed by atoms with Crippen molar-refractivity contribution in [2.24, 2.45) is 0 Å². The number of nitrogens with one attached hydrogen (secondary N) is 2. The van der Waals surface area contributed by atoms with Gasteiger partial charge in [0.15, 0.2) is 0 Å². The largest absolute Gasteiger partial charge is 0.397 e. The normalized spacial score (nSPS) is 16.7. The summed E-state index contributed by atoms with van der Waals surface area (Å²) >= 11 is 0. The molecule has 4 aromatic rings. The van der Waals surface area contributed by atoms with E-state index in [1.807, 2.05) is 18.2 Å². The molecule has 5 rings (SSSR count). The van der Waals surface area contributed by atoms with Crippen molar-refractivity contribution in [3.63, 3.8) is 0 Å². The van der Waals surface area contributed by atoms with Crippen LogP contribution in [0.1, 0.15) is 16.8 Å². The van der Waals surface area contributed by atoms with Crippen molar-refractivity contribution in [1.29, 1.82) is 0 Å². The van der Waals surface area contributed by atoms with Crippen LogP contribution >= 0.6 is 0 Å². The van der Waals surface area contributed by atoms with Crippen molar-refractivity contribution in [2.75, 3.05) is 18.8 Å². The summed E-state index contributed by atoms with van der Waals surface area (Å²) < 4.78 is 0. The number of pyridine rings is 1. The number of β-amino-alcohol motifs (C(OH)–C–C–N with tert-alkyl or cyclic N) is 1. The zero-order valence-electron chi connectivity index (χ0n) is 15.5. The molecule has 2 aromatic heterocycles. The van der Waals surface area contributed by atoms with Gasteiger partial charge in [-0.15, -0.1) is 0 Å². The first-order chi connectivity index (χ1) is 14.0. The average Bonchev–Trinajstić information content (AvgIpc) is 3.33. The quantitative estimate of drug-likeness (QED) is 0.416. The van der Waals surface area contributed by atoms with Crippen molar-refractivity contribution in [1.82, 2.24) is 19.9 Å². The maximum Gasteiger partial charge on any atom is 0.261 e. The van der Waals surface area contributed by atoms with E-state index < -0.39 is 6.10 Å². The number of aliphatic hydroxyl groups excluding tert-OH is 1. The molecule has 1 aliphatic rings. The van der Waals surface area contributed by atoms with Crippen molar-refractivity contribution in [2.45, 2.75) is 12.5 Å². The molecule has 29 heavy (non-hydrogen) atoms. The summed E-state index contributed by atoms with van der Waals surface area (Å²) in [6.07, 6.45) is 0.121. The molecule has 2 aromatic carbocycles. The maximum absolute atomic E-state index is 12.7. The molecule has 0 unspecified atom stereocenters. The molecule has 0 saturated carbocycles. The molecule has 8 nitrogen and oxygen atoms in total. The number of nitrogens with two attached hydrogens (primary N) is 1. The Kier molecular flexibility index (Phi) is 3.88. The minimum Gasteiger partial charge on any atom is -0.397 e. The Labute approximate surface area is 165 Å². The van der Waals surface area contributed by atoms with E-state index >= 15 is 0 Å². The van der Waals surface area contributed by atoms with Crippen molar-refractivity contribution in [3.05, 3.63) is 58.4 Å². The third-order valence-electron chi connectivity index (χ3n) is 5.38. The number of nitrogen functional groups attached to an aromatic ring is 1. The molecule has 3 heterocycles. The number of hydrogen-bond donors (Lipinski definition) is 4. The predicted molar refractivity (Wildman–Crippen MR) is 111 cm³/mol. The molecule has 0 radical (unpaired) electrons. The van der Waals surface area contributed by atoms with Gasteiger partial charge in [0.25, 0.3) is 11.5 Å². The van der Waals surface area contributed by atoms with Gasteiger partial charge in [-0.05, 0) is 30.7 Å². The van der Waals surface area contributed by atoms with Crippen LogP contribution in [-0.4, -0.2) is 50.1 Å². The summed E-state index contributed by atoms with van der Waals surface area (Å²) in [7, 11) is 0. The lowest BCUT2D eigenvalue weighted by molar-refractivity contribution is 0.0765. The van der Waals surface area contributed by atoms with Crippen LogP contribution in [0.3, 0.4) is 0 Å². The van der Waals surface area contributed by atoms with Gasteiger partial charge < -0.3 is 25.7 Å². The van der Waals surface area contributed by atoms with Gasteiger partial charge in [0, 0.05) is 24.0 Å². The number of aromatic nitrogens is 3. The zero-order chi connectivity index (χ0) is 20.1. The fourth-order valence-corrected chi connectivity index (χ4v) is 3.87. The summed E-state index contributed by atoms with van der Waals surface area (Å²) in [4.78, 5) is 37.4. The molecule has 8 heteroatoms. The number of benzene rings is 2. The van der Waals surface area contributed by atoms with Crippen LogP contribution in [0, 0.1) is 0 Å². The van der Waals surface area contributed by atoms with E-state index in [4.69, 9.17) is 5.73 Å². The third-order valence-corrected chi connectivity index (χ3v) is 5.38.